The second-order valence-corrected chi connectivity index (χ2v) is 8.92. The number of carbonyl (C=O) groups is 1. The minimum absolute atomic E-state index is 0.134. The van der Waals surface area contributed by atoms with Gasteiger partial charge in [0, 0.05) is 16.6 Å². The van der Waals surface area contributed by atoms with E-state index in [4.69, 9.17) is 4.74 Å². The molecule has 0 aliphatic rings. The van der Waals surface area contributed by atoms with Crippen LogP contribution in [0.15, 0.2) is 65.1 Å². The van der Waals surface area contributed by atoms with Gasteiger partial charge >= 0.3 is 0 Å². The molecular formula is C22H21N5O2S2. The first-order chi connectivity index (χ1) is 15.0. The van der Waals surface area contributed by atoms with Crippen LogP contribution in [-0.4, -0.2) is 38.0 Å². The van der Waals surface area contributed by atoms with Gasteiger partial charge in [-0.3, -0.25) is 9.36 Å². The number of rotatable bonds is 7. The van der Waals surface area contributed by atoms with Crippen molar-refractivity contribution >= 4 is 34.1 Å². The number of amides is 1. The number of thioether (sulfide) groups is 1. The Bertz CT molecular complexity index is 1190. The Balaban J connectivity index is 1.66. The molecule has 0 saturated heterocycles. The smallest absolute Gasteiger partial charge is 0.239 e. The van der Waals surface area contributed by atoms with Gasteiger partial charge in [0.05, 0.1) is 18.1 Å². The number of methoxy groups -OCH3 is 1. The lowest BCUT2D eigenvalue weighted by Gasteiger charge is -2.13. The van der Waals surface area contributed by atoms with Crippen molar-refractivity contribution in [1.29, 1.82) is 0 Å². The normalized spacial score (nSPS) is 11.8. The molecule has 0 aliphatic carbocycles. The standard InChI is InChI=1S/C22H21N5O2S2/c1-14-13-30-21(23-14)24-20(28)15(2)31-22-26-25-19(16-8-7-11-18(12-16)29-3)27(22)17-9-5-4-6-10-17/h4-13,15H,1-3H3,(H,23,24,28). The number of para-hydroxylation sites is 1. The summed E-state index contributed by atoms with van der Waals surface area (Å²) in [5.41, 5.74) is 2.67. The number of nitrogens with zero attached hydrogens (tertiary/aromatic N) is 4. The zero-order valence-electron chi connectivity index (χ0n) is 17.3. The highest BCUT2D eigenvalue weighted by Gasteiger charge is 2.22. The summed E-state index contributed by atoms with van der Waals surface area (Å²) in [5.74, 6) is 1.28. The molecule has 4 rings (SSSR count). The van der Waals surface area contributed by atoms with E-state index in [0.29, 0.717) is 16.1 Å². The lowest BCUT2D eigenvalue weighted by atomic mass is 10.2. The minimum Gasteiger partial charge on any atom is -0.497 e. The van der Waals surface area contributed by atoms with Crippen LogP contribution in [0.1, 0.15) is 12.6 Å². The molecule has 0 bridgehead atoms. The molecule has 0 fully saturated rings. The quantitative estimate of drug-likeness (QED) is 0.406. The Morgan fingerprint density at radius 1 is 1.16 bits per heavy atom. The van der Waals surface area contributed by atoms with Crippen molar-refractivity contribution < 1.29 is 9.53 Å². The molecule has 0 spiro atoms. The van der Waals surface area contributed by atoms with Gasteiger partial charge < -0.3 is 10.1 Å². The first-order valence-corrected chi connectivity index (χ1v) is 11.4. The molecule has 1 atom stereocenters. The van der Waals surface area contributed by atoms with E-state index in [-0.39, 0.29) is 5.91 Å². The first-order valence-electron chi connectivity index (χ1n) is 9.60. The minimum atomic E-state index is -0.394. The molecule has 1 unspecified atom stereocenters. The summed E-state index contributed by atoms with van der Waals surface area (Å²) in [5, 5.41) is 14.4. The number of thiazole rings is 1. The average molecular weight is 452 g/mol. The summed E-state index contributed by atoms with van der Waals surface area (Å²) in [6, 6.07) is 17.5. The maximum Gasteiger partial charge on any atom is 0.239 e. The zero-order chi connectivity index (χ0) is 21.8. The molecule has 2 aromatic heterocycles. The number of aryl methyl sites for hydroxylation is 1. The summed E-state index contributed by atoms with van der Waals surface area (Å²) in [6.45, 7) is 3.74. The third-order valence-electron chi connectivity index (χ3n) is 4.48. The van der Waals surface area contributed by atoms with Crippen LogP contribution < -0.4 is 10.1 Å². The fourth-order valence-electron chi connectivity index (χ4n) is 2.94. The molecule has 2 heterocycles. The van der Waals surface area contributed by atoms with E-state index >= 15 is 0 Å². The fourth-order valence-corrected chi connectivity index (χ4v) is 4.49. The highest BCUT2D eigenvalue weighted by molar-refractivity contribution is 8.00. The first kappa shape index (κ1) is 21.1. The summed E-state index contributed by atoms with van der Waals surface area (Å²) in [6.07, 6.45) is 0. The number of hydrogen-bond donors (Lipinski definition) is 1. The predicted octanol–water partition coefficient (Wildman–Crippen LogP) is 4.83. The van der Waals surface area contributed by atoms with Crippen LogP contribution in [0.25, 0.3) is 17.1 Å². The van der Waals surface area contributed by atoms with Crippen LogP contribution in [0, 0.1) is 6.92 Å². The third kappa shape index (κ3) is 4.78. The van der Waals surface area contributed by atoms with Gasteiger partial charge in [0.1, 0.15) is 5.75 Å². The molecule has 158 valence electrons. The van der Waals surface area contributed by atoms with Crippen molar-refractivity contribution in [1.82, 2.24) is 19.7 Å². The van der Waals surface area contributed by atoms with Crippen molar-refractivity contribution in [2.45, 2.75) is 24.3 Å². The van der Waals surface area contributed by atoms with E-state index in [0.717, 1.165) is 22.7 Å². The lowest BCUT2D eigenvalue weighted by Crippen LogP contribution is -2.22. The van der Waals surface area contributed by atoms with Gasteiger partial charge in [0.25, 0.3) is 0 Å². The van der Waals surface area contributed by atoms with Gasteiger partial charge in [0.15, 0.2) is 16.1 Å². The van der Waals surface area contributed by atoms with Crippen molar-refractivity contribution in [2.24, 2.45) is 0 Å². The lowest BCUT2D eigenvalue weighted by molar-refractivity contribution is -0.115. The van der Waals surface area contributed by atoms with E-state index in [9.17, 15) is 4.79 Å². The molecule has 7 nitrogen and oxygen atoms in total. The SMILES string of the molecule is COc1cccc(-c2nnc(SC(C)C(=O)Nc3nc(C)cs3)n2-c2ccccc2)c1. The zero-order valence-corrected chi connectivity index (χ0v) is 18.9. The van der Waals surface area contributed by atoms with Crippen molar-refractivity contribution in [2.75, 3.05) is 12.4 Å². The van der Waals surface area contributed by atoms with Crippen LogP contribution >= 0.6 is 23.1 Å². The number of aromatic nitrogens is 4. The van der Waals surface area contributed by atoms with Crippen LogP contribution in [-0.2, 0) is 4.79 Å². The highest BCUT2D eigenvalue weighted by atomic mass is 32.2. The molecule has 0 radical (unpaired) electrons. The van der Waals surface area contributed by atoms with Gasteiger partial charge in [0.2, 0.25) is 5.91 Å². The molecule has 9 heteroatoms. The largest absolute Gasteiger partial charge is 0.497 e. The molecule has 31 heavy (non-hydrogen) atoms. The van der Waals surface area contributed by atoms with E-state index < -0.39 is 5.25 Å². The maximum absolute atomic E-state index is 12.7. The molecule has 4 aromatic rings. The van der Waals surface area contributed by atoms with Crippen LogP contribution in [0.5, 0.6) is 5.75 Å². The Kier molecular flexibility index (Phi) is 6.34. The second-order valence-electron chi connectivity index (χ2n) is 6.75. The summed E-state index contributed by atoms with van der Waals surface area (Å²) < 4.78 is 7.32. The average Bonchev–Trinajstić information content (AvgIpc) is 3.40. The summed E-state index contributed by atoms with van der Waals surface area (Å²) >= 11 is 2.76. The van der Waals surface area contributed by atoms with Gasteiger partial charge in [-0.25, -0.2) is 4.98 Å². The molecule has 2 aromatic carbocycles. The number of anilines is 1. The van der Waals surface area contributed by atoms with Crippen molar-refractivity contribution in [3.63, 3.8) is 0 Å². The Morgan fingerprint density at radius 2 is 1.97 bits per heavy atom. The molecule has 1 N–H and O–H groups in total. The summed E-state index contributed by atoms with van der Waals surface area (Å²) in [4.78, 5) is 17.0. The second kappa shape index (κ2) is 9.32. The Labute approximate surface area is 188 Å². The number of benzene rings is 2. The number of nitrogens with one attached hydrogen (secondary N) is 1. The monoisotopic (exact) mass is 451 g/mol. The highest BCUT2D eigenvalue weighted by Crippen LogP contribution is 2.31. The topological polar surface area (TPSA) is 81.9 Å². The van der Waals surface area contributed by atoms with Gasteiger partial charge in [-0.15, -0.1) is 21.5 Å². The third-order valence-corrected chi connectivity index (χ3v) is 6.39. The van der Waals surface area contributed by atoms with Gasteiger partial charge in [-0.05, 0) is 38.1 Å². The number of carbonyl (C=O) groups excluding carboxylic acids is 1. The van der Waals surface area contributed by atoms with Crippen molar-refractivity contribution in [3.8, 4) is 22.8 Å². The molecule has 1 amide bonds. The van der Waals surface area contributed by atoms with Gasteiger partial charge in [-0.2, -0.15) is 0 Å². The molecule has 0 saturated carbocycles. The van der Waals surface area contributed by atoms with Crippen LogP contribution in [0.3, 0.4) is 0 Å². The van der Waals surface area contributed by atoms with Crippen LogP contribution in [0.2, 0.25) is 0 Å². The van der Waals surface area contributed by atoms with Gasteiger partial charge in [-0.1, -0.05) is 42.1 Å². The fraction of sp³-hybridized carbons (Fsp3) is 0.182. The Morgan fingerprint density at radius 3 is 2.68 bits per heavy atom. The van der Waals surface area contributed by atoms with Crippen molar-refractivity contribution in [3.05, 3.63) is 65.7 Å². The number of hydrogen-bond acceptors (Lipinski definition) is 7. The number of ether oxygens (including phenoxy) is 1. The summed E-state index contributed by atoms with van der Waals surface area (Å²) in [7, 11) is 1.63. The Hall–Kier alpha value is -3.17. The van der Waals surface area contributed by atoms with E-state index in [2.05, 4.69) is 20.5 Å². The predicted molar refractivity (Wildman–Crippen MR) is 124 cm³/mol. The van der Waals surface area contributed by atoms with E-state index in [1.807, 2.05) is 78.4 Å². The van der Waals surface area contributed by atoms with E-state index in [1.165, 1.54) is 23.1 Å². The molecular weight excluding hydrogens is 430 g/mol. The maximum atomic E-state index is 12.7. The van der Waals surface area contributed by atoms with Crippen LogP contribution in [0.4, 0.5) is 5.13 Å². The van der Waals surface area contributed by atoms with E-state index in [1.54, 1.807) is 7.11 Å². The molecule has 0 aliphatic heterocycles.